The summed E-state index contributed by atoms with van der Waals surface area (Å²) in [5.41, 5.74) is 4.72. The Morgan fingerprint density at radius 2 is 1.24 bits per heavy atom. The van der Waals surface area contributed by atoms with Gasteiger partial charge in [-0.1, -0.05) is 66.7 Å². The van der Waals surface area contributed by atoms with E-state index >= 15 is 0 Å². The lowest BCUT2D eigenvalue weighted by Crippen LogP contribution is -2.30. The quantitative estimate of drug-likeness (QED) is 0.0699. The van der Waals surface area contributed by atoms with Crippen LogP contribution in [0.5, 0.6) is 0 Å². The number of carbonyl (C=O) groups excluding carboxylic acids is 4. The number of hydrogen-bond donors (Lipinski definition) is 5. The molecule has 4 amide bonds. The molecule has 0 saturated heterocycles. The number of fused-ring (bicyclic) bond motifs is 1. The van der Waals surface area contributed by atoms with Crippen molar-refractivity contribution in [1.29, 1.82) is 0 Å². The van der Waals surface area contributed by atoms with E-state index in [1.54, 1.807) is 72.9 Å². The van der Waals surface area contributed by atoms with E-state index in [0.717, 1.165) is 26.9 Å². The van der Waals surface area contributed by atoms with Gasteiger partial charge in [-0.2, -0.15) is 0 Å². The van der Waals surface area contributed by atoms with E-state index in [1.807, 2.05) is 72.8 Å². The van der Waals surface area contributed by atoms with Crippen LogP contribution < -0.4 is 21.3 Å². The van der Waals surface area contributed by atoms with Crippen LogP contribution in [0.25, 0.3) is 17.0 Å². The van der Waals surface area contributed by atoms with Crippen molar-refractivity contribution in [3.05, 3.63) is 162 Å². The van der Waals surface area contributed by atoms with Gasteiger partial charge in [-0.25, -0.2) is 0 Å². The van der Waals surface area contributed by atoms with E-state index in [2.05, 4.69) is 26.3 Å². The molecule has 0 aliphatic heterocycles. The van der Waals surface area contributed by atoms with E-state index in [1.165, 1.54) is 18.7 Å². The van der Waals surface area contributed by atoms with Crippen LogP contribution in [0.4, 0.5) is 17.1 Å². The second-order valence-corrected chi connectivity index (χ2v) is 12.5. The third kappa shape index (κ3) is 8.55. The Bertz CT molecular complexity index is 2160. The fourth-order valence-electron chi connectivity index (χ4n) is 5.21. The van der Waals surface area contributed by atoms with Gasteiger partial charge in [0.25, 0.3) is 11.8 Å². The Morgan fingerprint density at radius 1 is 0.660 bits per heavy atom. The molecule has 0 aliphatic carbocycles. The van der Waals surface area contributed by atoms with Gasteiger partial charge in [0.15, 0.2) is 0 Å². The summed E-state index contributed by atoms with van der Waals surface area (Å²) < 4.78 is 0. The zero-order valence-electron chi connectivity index (χ0n) is 27.0. The summed E-state index contributed by atoms with van der Waals surface area (Å²) in [6.45, 7) is 1.44. The summed E-state index contributed by atoms with van der Waals surface area (Å²) >= 11 is 1.37. The fourth-order valence-corrected chi connectivity index (χ4v) is 6.24. The van der Waals surface area contributed by atoms with Crippen LogP contribution in [-0.2, 0) is 14.4 Å². The number of aromatic amines is 1. The maximum absolute atomic E-state index is 13.6. The standard InChI is InChI=1S/C40H33N5O4S/c1-26(46)42-30-16-18-31(19-17-30)44-40(49)37(27-10-4-2-5-11-27)50-33-22-20-32(21-23-33)43-39(48)36(45-38(47)28-12-6-3-7-13-28)24-29-25-41-35-15-9-8-14-34(29)35/h2-25,37,41H,1H3,(H,42,46)(H,43,48)(H,44,49)(H,45,47)/b36-24-/t37-/m1/s1. The minimum Gasteiger partial charge on any atom is -0.361 e. The molecule has 5 aromatic carbocycles. The van der Waals surface area contributed by atoms with Gasteiger partial charge >= 0.3 is 0 Å². The minimum absolute atomic E-state index is 0.0768. The molecule has 9 nitrogen and oxygen atoms in total. The van der Waals surface area contributed by atoms with Gasteiger partial charge in [-0.3, -0.25) is 19.2 Å². The number of nitrogens with one attached hydrogen (secondary N) is 5. The zero-order valence-corrected chi connectivity index (χ0v) is 27.8. The molecule has 248 valence electrons. The van der Waals surface area contributed by atoms with Crippen LogP contribution in [0.3, 0.4) is 0 Å². The number of benzene rings is 5. The smallest absolute Gasteiger partial charge is 0.272 e. The molecule has 5 N–H and O–H groups in total. The van der Waals surface area contributed by atoms with Crippen molar-refractivity contribution in [2.45, 2.75) is 17.1 Å². The van der Waals surface area contributed by atoms with Gasteiger partial charge in [0.2, 0.25) is 11.8 Å². The highest BCUT2D eigenvalue weighted by molar-refractivity contribution is 8.00. The normalized spacial score (nSPS) is 11.7. The average Bonchev–Trinajstić information content (AvgIpc) is 3.55. The second-order valence-electron chi connectivity index (χ2n) is 11.3. The van der Waals surface area contributed by atoms with E-state index in [4.69, 9.17) is 0 Å². The first-order chi connectivity index (χ1) is 24.3. The van der Waals surface area contributed by atoms with Crippen molar-refractivity contribution in [2.24, 2.45) is 0 Å². The summed E-state index contributed by atoms with van der Waals surface area (Å²) in [5.74, 6) is -1.30. The highest BCUT2D eigenvalue weighted by Gasteiger charge is 2.23. The Labute approximate surface area is 293 Å². The van der Waals surface area contributed by atoms with E-state index in [-0.39, 0.29) is 17.5 Å². The van der Waals surface area contributed by atoms with Crippen LogP contribution in [-0.4, -0.2) is 28.6 Å². The molecule has 0 aliphatic rings. The number of H-pyrrole nitrogens is 1. The van der Waals surface area contributed by atoms with Gasteiger partial charge < -0.3 is 26.3 Å². The first-order valence-corrected chi connectivity index (χ1v) is 16.7. The lowest BCUT2D eigenvalue weighted by molar-refractivity contribution is -0.116. The van der Waals surface area contributed by atoms with Gasteiger partial charge in [-0.15, -0.1) is 11.8 Å². The summed E-state index contributed by atoms with van der Waals surface area (Å²) in [6.07, 6.45) is 3.44. The largest absolute Gasteiger partial charge is 0.361 e. The molecule has 0 unspecified atom stereocenters. The SMILES string of the molecule is CC(=O)Nc1ccc(NC(=O)[C@H](Sc2ccc(NC(=O)/C(=C/c3c[nH]c4ccccc34)NC(=O)c3ccccc3)cc2)c2ccccc2)cc1. The number of amides is 4. The molecule has 0 bridgehead atoms. The molecular formula is C40H33N5O4S. The maximum atomic E-state index is 13.6. The maximum Gasteiger partial charge on any atom is 0.272 e. The molecule has 1 atom stereocenters. The van der Waals surface area contributed by atoms with Crippen molar-refractivity contribution in [1.82, 2.24) is 10.3 Å². The van der Waals surface area contributed by atoms with Crippen molar-refractivity contribution < 1.29 is 19.2 Å². The molecule has 1 aromatic heterocycles. The molecule has 0 fully saturated rings. The predicted molar refractivity (Wildman–Crippen MR) is 200 cm³/mol. The highest BCUT2D eigenvalue weighted by Crippen LogP contribution is 2.37. The molecule has 1 heterocycles. The number of para-hydroxylation sites is 1. The molecule has 6 rings (SSSR count). The van der Waals surface area contributed by atoms with Gasteiger partial charge in [0, 0.05) is 57.1 Å². The number of aromatic nitrogens is 1. The summed E-state index contributed by atoms with van der Waals surface area (Å²) in [5, 5.41) is 11.7. The zero-order chi connectivity index (χ0) is 34.9. The Balaban J connectivity index is 1.19. The number of rotatable bonds is 11. The third-order valence-corrected chi connectivity index (χ3v) is 8.90. The van der Waals surface area contributed by atoms with Crippen molar-refractivity contribution >= 4 is 69.4 Å². The first kappa shape index (κ1) is 33.5. The number of thioether (sulfide) groups is 1. The lowest BCUT2D eigenvalue weighted by Gasteiger charge is -2.18. The third-order valence-electron chi connectivity index (χ3n) is 7.63. The molecule has 10 heteroatoms. The number of carbonyl (C=O) groups is 4. The van der Waals surface area contributed by atoms with Crippen molar-refractivity contribution in [3.63, 3.8) is 0 Å². The lowest BCUT2D eigenvalue weighted by atomic mass is 10.1. The predicted octanol–water partition coefficient (Wildman–Crippen LogP) is 8.01. The van der Waals surface area contributed by atoms with Gasteiger partial charge in [0.1, 0.15) is 10.9 Å². The number of anilines is 3. The summed E-state index contributed by atoms with van der Waals surface area (Å²) in [6, 6.07) is 40.0. The fraction of sp³-hybridized carbons (Fsp3) is 0.0500. The first-order valence-electron chi connectivity index (χ1n) is 15.8. The van der Waals surface area contributed by atoms with E-state index in [9.17, 15) is 19.2 Å². The molecule has 0 saturated carbocycles. The van der Waals surface area contributed by atoms with Crippen LogP contribution >= 0.6 is 11.8 Å². The minimum atomic E-state index is -0.578. The average molecular weight is 680 g/mol. The molecule has 0 spiro atoms. The van der Waals surface area contributed by atoms with Gasteiger partial charge in [0.05, 0.1) is 0 Å². The summed E-state index contributed by atoms with van der Waals surface area (Å²) in [4.78, 5) is 55.7. The highest BCUT2D eigenvalue weighted by atomic mass is 32.2. The van der Waals surface area contributed by atoms with Crippen LogP contribution in [0.2, 0.25) is 0 Å². The Hall–Kier alpha value is -6.39. The Morgan fingerprint density at radius 3 is 1.92 bits per heavy atom. The topological polar surface area (TPSA) is 132 Å². The van der Waals surface area contributed by atoms with Crippen LogP contribution in [0, 0.1) is 0 Å². The molecule has 6 aromatic rings. The number of hydrogen-bond acceptors (Lipinski definition) is 5. The van der Waals surface area contributed by atoms with Crippen LogP contribution in [0.15, 0.2) is 150 Å². The second kappa shape index (κ2) is 15.7. The molecular weight excluding hydrogens is 647 g/mol. The van der Waals surface area contributed by atoms with E-state index in [0.29, 0.717) is 22.6 Å². The summed E-state index contributed by atoms with van der Waals surface area (Å²) in [7, 11) is 0. The van der Waals surface area contributed by atoms with Crippen LogP contribution in [0.1, 0.15) is 33.7 Å². The molecule has 50 heavy (non-hydrogen) atoms. The van der Waals surface area contributed by atoms with Gasteiger partial charge in [-0.05, 0) is 78.4 Å². The van der Waals surface area contributed by atoms with Crippen molar-refractivity contribution in [3.8, 4) is 0 Å². The van der Waals surface area contributed by atoms with Crippen molar-refractivity contribution in [2.75, 3.05) is 16.0 Å². The monoisotopic (exact) mass is 679 g/mol. The van der Waals surface area contributed by atoms with E-state index < -0.39 is 17.1 Å². The molecule has 0 radical (unpaired) electrons. The Kier molecular flexibility index (Phi) is 10.5.